The van der Waals surface area contributed by atoms with Crippen molar-refractivity contribution in [2.45, 2.75) is 57.5 Å². The van der Waals surface area contributed by atoms with Crippen LogP contribution in [0.5, 0.6) is 0 Å². The Morgan fingerprint density at radius 2 is 1.71 bits per heavy atom. The molecule has 0 aromatic heterocycles. The minimum atomic E-state index is -1.79. The molecule has 0 saturated carbocycles. The molecule has 1 atom stereocenters. The van der Waals surface area contributed by atoms with Gasteiger partial charge in [0.1, 0.15) is 0 Å². The van der Waals surface area contributed by atoms with E-state index in [2.05, 4.69) is 26.6 Å². The molecular formula is C9H26O2Si3. The standard InChI is InChI=1S/C9H26O2Si3/c1-9(11-13(2,3)4)12-7-8-14(5,6)10/h9-10H,7-8,12H2,1-6H3/t9-/m1/s1. The van der Waals surface area contributed by atoms with E-state index >= 15 is 0 Å². The summed E-state index contributed by atoms with van der Waals surface area (Å²) in [4.78, 5) is 9.69. The normalized spacial score (nSPS) is 16.5. The molecule has 0 aromatic carbocycles. The van der Waals surface area contributed by atoms with E-state index in [1.807, 2.05) is 13.1 Å². The zero-order valence-corrected chi connectivity index (χ0v) is 14.0. The maximum atomic E-state index is 9.69. The summed E-state index contributed by atoms with van der Waals surface area (Å²) in [5.41, 5.74) is 0.498. The van der Waals surface area contributed by atoms with E-state index in [1.165, 1.54) is 6.04 Å². The van der Waals surface area contributed by atoms with Gasteiger partial charge in [-0.1, -0.05) is 6.04 Å². The van der Waals surface area contributed by atoms with Crippen LogP contribution >= 0.6 is 0 Å². The maximum absolute atomic E-state index is 9.69. The predicted octanol–water partition coefficient (Wildman–Crippen LogP) is 1.97. The van der Waals surface area contributed by atoms with Crippen LogP contribution in [0.15, 0.2) is 0 Å². The average molecular weight is 251 g/mol. The quantitative estimate of drug-likeness (QED) is 0.731. The van der Waals surface area contributed by atoms with Crippen molar-refractivity contribution in [2.75, 3.05) is 0 Å². The monoisotopic (exact) mass is 250 g/mol. The van der Waals surface area contributed by atoms with Crippen molar-refractivity contribution in [1.82, 2.24) is 0 Å². The van der Waals surface area contributed by atoms with Gasteiger partial charge in [-0.2, -0.15) is 0 Å². The average Bonchev–Trinajstić information content (AvgIpc) is 1.78. The summed E-state index contributed by atoms with van der Waals surface area (Å²) >= 11 is 0. The van der Waals surface area contributed by atoms with Crippen molar-refractivity contribution in [3.63, 3.8) is 0 Å². The number of hydrogen-bond donors (Lipinski definition) is 1. The van der Waals surface area contributed by atoms with E-state index in [-0.39, 0.29) is 9.52 Å². The van der Waals surface area contributed by atoms with Crippen molar-refractivity contribution in [3.8, 4) is 0 Å². The molecule has 1 N–H and O–H groups in total. The molecule has 0 amide bonds. The van der Waals surface area contributed by atoms with Gasteiger partial charge in [0.15, 0.2) is 16.6 Å². The van der Waals surface area contributed by atoms with Crippen LogP contribution in [0.25, 0.3) is 0 Å². The lowest BCUT2D eigenvalue weighted by atomic mass is 10.9. The molecule has 0 radical (unpaired) electrons. The van der Waals surface area contributed by atoms with Gasteiger partial charge in [0.25, 0.3) is 0 Å². The third kappa shape index (κ3) is 10.7. The second-order valence-electron chi connectivity index (χ2n) is 5.75. The van der Waals surface area contributed by atoms with E-state index in [9.17, 15) is 4.80 Å². The summed E-state index contributed by atoms with van der Waals surface area (Å²) < 4.78 is 5.99. The number of rotatable bonds is 6. The summed E-state index contributed by atoms with van der Waals surface area (Å²) in [5, 5.41) is 0. The van der Waals surface area contributed by atoms with Crippen molar-refractivity contribution in [3.05, 3.63) is 0 Å². The molecular weight excluding hydrogens is 224 g/mol. The summed E-state index contributed by atoms with van der Waals surface area (Å²) in [5.74, 6) is 0. The van der Waals surface area contributed by atoms with Crippen molar-refractivity contribution >= 4 is 26.2 Å². The Morgan fingerprint density at radius 1 is 1.21 bits per heavy atom. The van der Waals surface area contributed by atoms with Gasteiger partial charge in [0.05, 0.1) is 9.52 Å². The Kier molecular flexibility index (Phi) is 5.83. The molecule has 86 valence electrons. The number of hydrogen-bond acceptors (Lipinski definition) is 2. The van der Waals surface area contributed by atoms with Crippen LogP contribution in [0.2, 0.25) is 44.8 Å². The molecule has 0 aliphatic heterocycles. The fraction of sp³-hybridized carbons (Fsp3) is 1.00. The third-order valence-corrected chi connectivity index (χ3v) is 7.42. The molecule has 0 fully saturated rings. The van der Waals surface area contributed by atoms with Gasteiger partial charge in [-0.15, -0.1) is 0 Å². The molecule has 0 saturated heterocycles. The van der Waals surface area contributed by atoms with E-state index < -0.39 is 16.6 Å². The molecule has 2 nitrogen and oxygen atoms in total. The van der Waals surface area contributed by atoms with Gasteiger partial charge in [0.2, 0.25) is 0 Å². The van der Waals surface area contributed by atoms with Crippen LogP contribution in [-0.2, 0) is 4.43 Å². The van der Waals surface area contributed by atoms with Crippen LogP contribution in [0.1, 0.15) is 6.92 Å². The molecule has 0 spiro atoms. The minimum Gasteiger partial charge on any atom is -0.432 e. The summed E-state index contributed by atoms with van der Waals surface area (Å²) in [6.45, 7) is 13.0. The fourth-order valence-electron chi connectivity index (χ4n) is 1.48. The largest absolute Gasteiger partial charge is 0.432 e. The van der Waals surface area contributed by atoms with Gasteiger partial charge in [-0.05, 0) is 45.7 Å². The summed E-state index contributed by atoms with van der Waals surface area (Å²) in [6.07, 6.45) is 0. The SMILES string of the molecule is C[C@H](O[Si](C)(C)C)[SiH2]CC[Si](C)(C)O. The molecule has 0 aliphatic rings. The van der Waals surface area contributed by atoms with Crippen molar-refractivity contribution in [1.29, 1.82) is 0 Å². The lowest BCUT2D eigenvalue weighted by Gasteiger charge is -2.24. The molecule has 14 heavy (non-hydrogen) atoms. The Morgan fingerprint density at radius 3 is 2.07 bits per heavy atom. The van der Waals surface area contributed by atoms with Crippen molar-refractivity contribution < 1.29 is 9.22 Å². The van der Waals surface area contributed by atoms with Gasteiger partial charge in [-0.25, -0.2) is 0 Å². The van der Waals surface area contributed by atoms with Crippen LogP contribution in [0.3, 0.4) is 0 Å². The van der Waals surface area contributed by atoms with E-state index in [0.29, 0.717) is 5.73 Å². The summed E-state index contributed by atoms with van der Waals surface area (Å²) in [7, 11) is -3.26. The first kappa shape index (κ1) is 14.6. The fourth-order valence-corrected chi connectivity index (χ4v) is 9.52. The maximum Gasteiger partial charge on any atom is 0.183 e. The highest BCUT2D eigenvalue weighted by Gasteiger charge is 2.20. The smallest absolute Gasteiger partial charge is 0.183 e. The summed E-state index contributed by atoms with van der Waals surface area (Å²) in [6, 6.07) is 2.29. The Hall–Kier alpha value is 0.571. The molecule has 5 heteroatoms. The van der Waals surface area contributed by atoms with Crippen LogP contribution in [0.4, 0.5) is 0 Å². The second-order valence-corrected chi connectivity index (χ2v) is 16.8. The highest BCUT2D eigenvalue weighted by atomic mass is 28.4. The second kappa shape index (κ2) is 5.60. The molecule has 0 aliphatic carbocycles. The van der Waals surface area contributed by atoms with E-state index in [4.69, 9.17) is 4.43 Å². The molecule has 0 rings (SSSR count). The lowest BCUT2D eigenvalue weighted by molar-refractivity contribution is 0.290. The van der Waals surface area contributed by atoms with Crippen LogP contribution in [-0.4, -0.2) is 36.7 Å². The highest BCUT2D eigenvalue weighted by Crippen LogP contribution is 2.11. The van der Waals surface area contributed by atoms with E-state index in [1.54, 1.807) is 0 Å². The van der Waals surface area contributed by atoms with Gasteiger partial charge in [-0.3, -0.25) is 0 Å². The first-order chi connectivity index (χ1) is 6.10. The topological polar surface area (TPSA) is 29.5 Å². The Balaban J connectivity index is 3.60. The van der Waals surface area contributed by atoms with Gasteiger partial charge in [0, 0.05) is 5.73 Å². The van der Waals surface area contributed by atoms with Crippen LogP contribution < -0.4 is 0 Å². The first-order valence-electron chi connectivity index (χ1n) is 5.50. The highest BCUT2D eigenvalue weighted by molar-refractivity contribution is 6.71. The van der Waals surface area contributed by atoms with E-state index in [0.717, 1.165) is 6.04 Å². The minimum absolute atomic E-state index is 0.137. The molecule has 0 aromatic rings. The predicted molar refractivity (Wildman–Crippen MR) is 71.8 cm³/mol. The zero-order valence-electron chi connectivity index (χ0n) is 10.6. The lowest BCUT2D eigenvalue weighted by Crippen LogP contribution is -2.34. The molecule has 0 heterocycles. The van der Waals surface area contributed by atoms with Crippen LogP contribution in [0, 0.1) is 0 Å². The first-order valence-corrected chi connectivity index (χ1v) is 13.9. The Labute approximate surface area is 93.1 Å². The molecule has 0 unspecified atom stereocenters. The van der Waals surface area contributed by atoms with Gasteiger partial charge >= 0.3 is 0 Å². The molecule has 0 bridgehead atoms. The zero-order chi connectivity index (χ0) is 11.4. The Bertz CT molecular complexity index is 160. The third-order valence-electron chi connectivity index (χ3n) is 1.95. The van der Waals surface area contributed by atoms with Crippen molar-refractivity contribution in [2.24, 2.45) is 0 Å². The van der Waals surface area contributed by atoms with Gasteiger partial charge < -0.3 is 9.22 Å².